The molecule has 142 valence electrons. The molecule has 0 saturated carbocycles. The zero-order valence-corrected chi connectivity index (χ0v) is 15.9. The van der Waals surface area contributed by atoms with Crippen LogP contribution in [0.5, 0.6) is 0 Å². The predicted molar refractivity (Wildman–Crippen MR) is 112 cm³/mol. The van der Waals surface area contributed by atoms with Gasteiger partial charge >= 0.3 is 0 Å². The lowest BCUT2D eigenvalue weighted by molar-refractivity contribution is 0.0846. The van der Waals surface area contributed by atoms with E-state index in [0.29, 0.717) is 11.1 Å². The van der Waals surface area contributed by atoms with Gasteiger partial charge in [-0.15, -0.1) is 0 Å². The largest absolute Gasteiger partial charge is 0.269 e. The van der Waals surface area contributed by atoms with Crippen molar-refractivity contribution in [3.63, 3.8) is 0 Å². The molecule has 2 N–H and O–H groups in total. The van der Waals surface area contributed by atoms with Gasteiger partial charge in [-0.05, 0) is 53.8 Å². The van der Waals surface area contributed by atoms with E-state index in [9.17, 15) is 9.59 Å². The summed E-state index contributed by atoms with van der Waals surface area (Å²) in [7, 11) is 0. The SMILES string of the molecule is CCCCc1ccc(C(=O)NNC(=O)c2ccc(-c3ccccc3)cc2)cc1. The van der Waals surface area contributed by atoms with Crippen molar-refractivity contribution in [1.29, 1.82) is 0 Å². The highest BCUT2D eigenvalue weighted by molar-refractivity contribution is 5.99. The molecule has 0 aliphatic heterocycles. The Bertz CT molecular complexity index is 917. The molecule has 0 atom stereocenters. The molecule has 0 radical (unpaired) electrons. The average Bonchev–Trinajstić information content (AvgIpc) is 2.77. The predicted octanol–water partition coefficient (Wildman–Crippen LogP) is 4.77. The third-order valence-electron chi connectivity index (χ3n) is 4.58. The Morgan fingerprint density at radius 1 is 0.679 bits per heavy atom. The van der Waals surface area contributed by atoms with Gasteiger partial charge in [0.1, 0.15) is 0 Å². The van der Waals surface area contributed by atoms with Gasteiger partial charge in [0.15, 0.2) is 0 Å². The van der Waals surface area contributed by atoms with E-state index in [2.05, 4.69) is 17.8 Å². The Morgan fingerprint density at radius 3 is 1.71 bits per heavy atom. The molecule has 28 heavy (non-hydrogen) atoms. The van der Waals surface area contributed by atoms with Crippen molar-refractivity contribution in [3.8, 4) is 11.1 Å². The second kappa shape index (κ2) is 9.51. The molecule has 4 heteroatoms. The van der Waals surface area contributed by atoms with Gasteiger partial charge in [0.05, 0.1) is 0 Å². The van der Waals surface area contributed by atoms with E-state index in [4.69, 9.17) is 0 Å². The third kappa shape index (κ3) is 5.07. The van der Waals surface area contributed by atoms with Gasteiger partial charge in [-0.25, -0.2) is 0 Å². The van der Waals surface area contributed by atoms with Crippen molar-refractivity contribution in [2.45, 2.75) is 26.2 Å². The van der Waals surface area contributed by atoms with E-state index in [1.807, 2.05) is 54.6 Å². The summed E-state index contributed by atoms with van der Waals surface area (Å²) in [6, 6.07) is 24.7. The number of unbranched alkanes of at least 4 members (excludes halogenated alkanes) is 1. The molecule has 0 fully saturated rings. The molecule has 0 aliphatic rings. The van der Waals surface area contributed by atoms with E-state index < -0.39 is 0 Å². The molecular weight excluding hydrogens is 348 g/mol. The number of hydrazine groups is 1. The zero-order valence-electron chi connectivity index (χ0n) is 15.9. The summed E-state index contributed by atoms with van der Waals surface area (Å²) in [5, 5.41) is 0. The second-order valence-electron chi connectivity index (χ2n) is 6.65. The van der Waals surface area contributed by atoms with Crippen LogP contribution in [0, 0.1) is 0 Å². The van der Waals surface area contributed by atoms with Crippen molar-refractivity contribution < 1.29 is 9.59 Å². The Balaban J connectivity index is 1.55. The van der Waals surface area contributed by atoms with Crippen LogP contribution in [0.25, 0.3) is 11.1 Å². The maximum absolute atomic E-state index is 12.3. The van der Waals surface area contributed by atoms with E-state index in [-0.39, 0.29) is 11.8 Å². The van der Waals surface area contributed by atoms with Crippen LogP contribution in [0.4, 0.5) is 0 Å². The summed E-state index contributed by atoms with van der Waals surface area (Å²) >= 11 is 0. The second-order valence-corrected chi connectivity index (χ2v) is 6.65. The van der Waals surface area contributed by atoms with Crippen LogP contribution in [0.2, 0.25) is 0 Å². The minimum atomic E-state index is -0.354. The van der Waals surface area contributed by atoms with E-state index in [1.54, 1.807) is 24.3 Å². The van der Waals surface area contributed by atoms with E-state index in [0.717, 1.165) is 30.4 Å². The fraction of sp³-hybridized carbons (Fsp3) is 0.167. The molecule has 4 nitrogen and oxygen atoms in total. The average molecular weight is 372 g/mol. The topological polar surface area (TPSA) is 58.2 Å². The fourth-order valence-electron chi connectivity index (χ4n) is 2.91. The number of aryl methyl sites for hydroxylation is 1. The Kier molecular flexibility index (Phi) is 6.58. The molecule has 0 aliphatic carbocycles. The molecule has 3 aromatic rings. The number of hydrogen-bond donors (Lipinski definition) is 2. The quantitative estimate of drug-likeness (QED) is 0.612. The summed E-state index contributed by atoms with van der Waals surface area (Å²) < 4.78 is 0. The fourth-order valence-corrected chi connectivity index (χ4v) is 2.91. The number of hydrogen-bond acceptors (Lipinski definition) is 2. The maximum Gasteiger partial charge on any atom is 0.269 e. The molecule has 0 spiro atoms. The van der Waals surface area contributed by atoms with Crippen LogP contribution in [-0.2, 0) is 6.42 Å². The molecule has 2 amide bonds. The minimum absolute atomic E-state index is 0.337. The summed E-state index contributed by atoms with van der Waals surface area (Å²) in [6.45, 7) is 2.15. The van der Waals surface area contributed by atoms with Crippen molar-refractivity contribution in [2.75, 3.05) is 0 Å². The Labute approximate surface area is 165 Å². The van der Waals surface area contributed by atoms with Crippen LogP contribution < -0.4 is 10.9 Å². The van der Waals surface area contributed by atoms with Crippen LogP contribution in [-0.4, -0.2) is 11.8 Å². The van der Waals surface area contributed by atoms with Crippen LogP contribution in [0.1, 0.15) is 46.0 Å². The molecule has 0 bridgehead atoms. The van der Waals surface area contributed by atoms with Crippen molar-refractivity contribution >= 4 is 11.8 Å². The van der Waals surface area contributed by atoms with Gasteiger partial charge in [-0.1, -0.05) is 67.9 Å². The van der Waals surface area contributed by atoms with Gasteiger partial charge in [0.2, 0.25) is 0 Å². The molecular formula is C24H24N2O2. The summed E-state index contributed by atoms with van der Waals surface area (Å²) in [5.74, 6) is -0.691. The standard InChI is InChI=1S/C24H24N2O2/c1-2-3-7-18-10-12-21(13-11-18)23(27)25-26-24(28)22-16-14-20(15-17-22)19-8-5-4-6-9-19/h4-6,8-17H,2-3,7H2,1H3,(H,25,27)(H,26,28). The maximum atomic E-state index is 12.3. The first-order valence-corrected chi connectivity index (χ1v) is 9.52. The summed E-state index contributed by atoms with van der Waals surface area (Å²) in [6.07, 6.45) is 3.28. The number of rotatable bonds is 6. The van der Waals surface area contributed by atoms with E-state index >= 15 is 0 Å². The number of benzene rings is 3. The highest BCUT2D eigenvalue weighted by Gasteiger charge is 2.09. The number of carbonyl (C=O) groups excluding carboxylic acids is 2. The molecule has 0 aromatic heterocycles. The van der Waals surface area contributed by atoms with Crippen molar-refractivity contribution in [3.05, 3.63) is 95.6 Å². The normalized spacial score (nSPS) is 10.3. The van der Waals surface area contributed by atoms with Gasteiger partial charge in [0.25, 0.3) is 11.8 Å². The lowest BCUT2D eigenvalue weighted by Gasteiger charge is -2.09. The Morgan fingerprint density at radius 2 is 1.18 bits per heavy atom. The lowest BCUT2D eigenvalue weighted by atomic mass is 10.0. The van der Waals surface area contributed by atoms with Crippen LogP contribution >= 0.6 is 0 Å². The lowest BCUT2D eigenvalue weighted by Crippen LogP contribution is -2.41. The van der Waals surface area contributed by atoms with Gasteiger partial charge in [-0.2, -0.15) is 0 Å². The molecule has 0 unspecified atom stereocenters. The summed E-state index contributed by atoms with van der Waals surface area (Å²) in [4.78, 5) is 24.5. The first-order chi connectivity index (χ1) is 13.7. The molecule has 0 saturated heterocycles. The minimum Gasteiger partial charge on any atom is -0.267 e. The van der Waals surface area contributed by atoms with Crippen molar-refractivity contribution in [2.24, 2.45) is 0 Å². The summed E-state index contributed by atoms with van der Waals surface area (Å²) in [5.41, 5.74) is 9.26. The van der Waals surface area contributed by atoms with Crippen LogP contribution in [0.15, 0.2) is 78.9 Å². The number of nitrogens with one attached hydrogen (secondary N) is 2. The third-order valence-corrected chi connectivity index (χ3v) is 4.58. The zero-order chi connectivity index (χ0) is 19.8. The monoisotopic (exact) mass is 372 g/mol. The number of amides is 2. The van der Waals surface area contributed by atoms with E-state index in [1.165, 1.54) is 5.56 Å². The first-order valence-electron chi connectivity index (χ1n) is 9.52. The highest BCUT2D eigenvalue weighted by atomic mass is 16.2. The molecule has 3 aromatic carbocycles. The van der Waals surface area contributed by atoms with Crippen LogP contribution in [0.3, 0.4) is 0 Å². The smallest absolute Gasteiger partial charge is 0.267 e. The number of carbonyl (C=O) groups is 2. The Hall–Kier alpha value is -3.40. The van der Waals surface area contributed by atoms with Gasteiger partial charge < -0.3 is 0 Å². The van der Waals surface area contributed by atoms with Gasteiger partial charge in [0, 0.05) is 11.1 Å². The molecule has 0 heterocycles. The van der Waals surface area contributed by atoms with Gasteiger partial charge in [-0.3, -0.25) is 20.4 Å². The molecule has 3 rings (SSSR count). The first kappa shape index (κ1) is 19.4. The van der Waals surface area contributed by atoms with Crippen molar-refractivity contribution in [1.82, 2.24) is 10.9 Å². The highest BCUT2D eigenvalue weighted by Crippen LogP contribution is 2.19.